The highest BCUT2D eigenvalue weighted by atomic mass is 35.5. The van der Waals surface area contributed by atoms with E-state index >= 15 is 0 Å². The first-order chi connectivity index (χ1) is 19.2. The number of halogens is 1. The third-order valence-electron chi connectivity index (χ3n) is 4.88. The summed E-state index contributed by atoms with van der Waals surface area (Å²) in [4.78, 5) is 57.6. The number of carboxylic acids is 1. The van der Waals surface area contributed by atoms with E-state index in [0.29, 0.717) is 28.0 Å². The zero-order chi connectivity index (χ0) is 31.0. The van der Waals surface area contributed by atoms with E-state index < -0.39 is 35.8 Å². The Morgan fingerprint density at radius 2 is 1.98 bits per heavy atom. The highest BCUT2D eigenvalue weighted by Gasteiger charge is 2.30. The highest BCUT2D eigenvalue weighted by molar-refractivity contribution is 8.14. The van der Waals surface area contributed by atoms with E-state index in [9.17, 15) is 19.2 Å². The molecule has 14 heteroatoms. The lowest BCUT2D eigenvalue weighted by Gasteiger charge is -2.26. The van der Waals surface area contributed by atoms with Gasteiger partial charge in [-0.15, -0.1) is 34.7 Å². The standard InChI is InChI=1S/C27H41ClN4O7S2/c1-7-12-40-24(30-15-22(34)35)19-16-41-21(31-19)14-29-20(33)13-18(10-8-9-11-28)38-25(36)23(17(2)3)32-26(37)39-27(4,5)6/h8,10,16-18,23H,7,9,11-15H2,1-6H3,(H,29,33)(H,32,37)(H,34,35)/b10-8+,30-24?/t18-,23+/m1/s1. The van der Waals surface area contributed by atoms with Crippen molar-refractivity contribution in [3.63, 3.8) is 0 Å². The van der Waals surface area contributed by atoms with Crippen molar-refractivity contribution in [2.45, 2.75) is 85.1 Å². The number of nitrogens with one attached hydrogen (secondary N) is 2. The molecule has 0 unspecified atom stereocenters. The van der Waals surface area contributed by atoms with Crippen LogP contribution in [0, 0.1) is 5.92 Å². The number of ether oxygens (including phenoxy) is 2. The smallest absolute Gasteiger partial charge is 0.408 e. The van der Waals surface area contributed by atoms with Crippen LogP contribution in [0.1, 0.15) is 71.5 Å². The van der Waals surface area contributed by atoms with E-state index in [1.165, 1.54) is 23.1 Å². The summed E-state index contributed by atoms with van der Waals surface area (Å²) in [7, 11) is 0. The number of thioether (sulfide) groups is 1. The number of hydrogen-bond donors (Lipinski definition) is 3. The second-order valence-electron chi connectivity index (χ2n) is 10.2. The molecule has 2 atom stereocenters. The Labute approximate surface area is 254 Å². The molecule has 1 rings (SSSR count). The number of aliphatic imine (C=N–C) groups is 1. The number of aliphatic carboxylic acids is 1. The summed E-state index contributed by atoms with van der Waals surface area (Å²) >= 11 is 8.51. The van der Waals surface area contributed by atoms with Crippen LogP contribution >= 0.6 is 34.7 Å². The predicted octanol–water partition coefficient (Wildman–Crippen LogP) is 4.77. The summed E-state index contributed by atoms with van der Waals surface area (Å²) in [6.07, 6.45) is 2.95. The van der Waals surface area contributed by atoms with Gasteiger partial charge in [-0.25, -0.2) is 14.6 Å². The van der Waals surface area contributed by atoms with Gasteiger partial charge in [-0.3, -0.25) is 14.6 Å². The van der Waals surface area contributed by atoms with Gasteiger partial charge >= 0.3 is 18.0 Å². The van der Waals surface area contributed by atoms with Crippen molar-refractivity contribution < 1.29 is 33.8 Å². The summed E-state index contributed by atoms with van der Waals surface area (Å²) < 4.78 is 10.9. The largest absolute Gasteiger partial charge is 0.480 e. The number of hydrogen-bond acceptors (Lipinski definition) is 10. The van der Waals surface area contributed by atoms with Crippen molar-refractivity contribution >= 4 is 63.7 Å². The molecule has 0 saturated heterocycles. The fourth-order valence-electron chi connectivity index (χ4n) is 3.07. The van der Waals surface area contributed by atoms with Crippen molar-refractivity contribution in [3.8, 4) is 0 Å². The minimum atomic E-state index is -1.03. The van der Waals surface area contributed by atoms with Crippen LogP contribution in [-0.4, -0.2) is 75.0 Å². The summed E-state index contributed by atoms with van der Waals surface area (Å²) in [6, 6.07) is -0.979. The zero-order valence-corrected chi connectivity index (χ0v) is 26.8. The molecule has 3 N–H and O–H groups in total. The lowest BCUT2D eigenvalue weighted by atomic mass is 10.0. The predicted molar refractivity (Wildman–Crippen MR) is 163 cm³/mol. The van der Waals surface area contributed by atoms with Crippen LogP contribution in [0.3, 0.4) is 0 Å². The maximum atomic E-state index is 13.0. The third-order valence-corrected chi connectivity index (χ3v) is 7.17. The summed E-state index contributed by atoms with van der Waals surface area (Å²) in [6.45, 7) is 10.5. The molecule has 0 saturated carbocycles. The zero-order valence-electron chi connectivity index (χ0n) is 24.4. The minimum absolute atomic E-state index is 0.134. The van der Waals surface area contributed by atoms with Crippen LogP contribution in [0.4, 0.5) is 4.79 Å². The second-order valence-corrected chi connectivity index (χ2v) is 12.6. The van der Waals surface area contributed by atoms with Crippen LogP contribution in [0.15, 0.2) is 22.5 Å². The van der Waals surface area contributed by atoms with Gasteiger partial charge in [0.1, 0.15) is 40.0 Å². The Morgan fingerprint density at radius 3 is 2.56 bits per heavy atom. The molecule has 11 nitrogen and oxygen atoms in total. The number of amides is 2. The quantitative estimate of drug-likeness (QED) is 0.0768. The highest BCUT2D eigenvalue weighted by Crippen LogP contribution is 2.18. The Kier molecular flexibility index (Phi) is 16.6. The number of rotatable bonds is 16. The second kappa shape index (κ2) is 18.7. The molecule has 1 heterocycles. The summed E-state index contributed by atoms with van der Waals surface area (Å²) in [5.41, 5.74) is -0.174. The van der Waals surface area contributed by atoms with Gasteiger partial charge < -0.3 is 25.2 Å². The molecule has 0 fully saturated rings. The molecule has 0 aromatic carbocycles. The third kappa shape index (κ3) is 15.8. The molecule has 230 valence electrons. The van der Waals surface area contributed by atoms with Crippen molar-refractivity contribution in [3.05, 3.63) is 28.2 Å². The number of esters is 1. The monoisotopic (exact) mass is 632 g/mol. The van der Waals surface area contributed by atoms with Crippen molar-refractivity contribution in [1.29, 1.82) is 0 Å². The van der Waals surface area contributed by atoms with Crippen LogP contribution < -0.4 is 10.6 Å². The molecule has 41 heavy (non-hydrogen) atoms. The lowest BCUT2D eigenvalue weighted by Crippen LogP contribution is -2.48. The van der Waals surface area contributed by atoms with Gasteiger partial charge in [0.25, 0.3) is 0 Å². The lowest BCUT2D eigenvalue weighted by molar-refractivity contribution is -0.151. The number of alkyl carbamates (subject to hydrolysis) is 1. The Morgan fingerprint density at radius 1 is 1.27 bits per heavy atom. The van der Waals surface area contributed by atoms with E-state index in [1.807, 2.05) is 6.92 Å². The number of nitrogens with zero attached hydrogens (tertiary/aromatic N) is 2. The fourth-order valence-corrected chi connectivity index (χ4v) is 4.80. The first kappa shape index (κ1) is 36.4. The number of carboxylic acid groups (broad SMARTS) is 1. The van der Waals surface area contributed by atoms with Crippen molar-refractivity contribution in [2.24, 2.45) is 10.9 Å². The number of carbonyl (C=O) groups is 4. The molecular weight excluding hydrogens is 592 g/mol. The average molecular weight is 633 g/mol. The molecule has 0 radical (unpaired) electrons. The number of carbonyl (C=O) groups excluding carboxylic acids is 3. The first-order valence-electron chi connectivity index (χ1n) is 13.3. The molecule has 0 aliphatic carbocycles. The van der Waals surface area contributed by atoms with Crippen LogP contribution in [0.5, 0.6) is 0 Å². The van der Waals surface area contributed by atoms with E-state index in [2.05, 4.69) is 20.6 Å². The van der Waals surface area contributed by atoms with E-state index in [1.54, 1.807) is 52.2 Å². The molecule has 0 bridgehead atoms. The molecular formula is C27H41ClN4O7S2. The summed E-state index contributed by atoms with van der Waals surface area (Å²) in [5, 5.41) is 17.2. The van der Waals surface area contributed by atoms with E-state index in [0.717, 1.165) is 12.2 Å². The van der Waals surface area contributed by atoms with E-state index in [-0.39, 0.29) is 31.3 Å². The molecule has 0 aliphatic heterocycles. The Bertz CT molecular complexity index is 1070. The normalized spacial score (nSPS) is 13.6. The van der Waals surface area contributed by atoms with E-state index in [4.69, 9.17) is 26.2 Å². The maximum Gasteiger partial charge on any atom is 0.408 e. The summed E-state index contributed by atoms with van der Waals surface area (Å²) in [5.74, 6) is -1.27. The molecule has 1 aromatic heterocycles. The SMILES string of the molecule is CCCSC(=NCC(=O)O)c1csc(CNC(=O)C[C@@H](/C=C/CCCl)OC(=O)[C@@H](NC(=O)OC(C)(C)C)C(C)C)n1. The number of aromatic nitrogens is 1. The van der Waals surface area contributed by atoms with Crippen LogP contribution in [-0.2, 0) is 30.4 Å². The van der Waals surface area contributed by atoms with Gasteiger partial charge in [0, 0.05) is 11.3 Å². The molecule has 1 aromatic rings. The van der Waals surface area contributed by atoms with Gasteiger partial charge in [-0.05, 0) is 51.4 Å². The first-order valence-corrected chi connectivity index (χ1v) is 15.7. The number of allylic oxidation sites excluding steroid dienone is 1. The molecule has 0 aliphatic rings. The van der Waals surface area contributed by atoms with Gasteiger partial charge in [-0.2, -0.15) is 0 Å². The molecule has 0 spiro atoms. The van der Waals surface area contributed by atoms with Crippen molar-refractivity contribution in [1.82, 2.24) is 15.6 Å². The molecule has 2 amide bonds. The van der Waals surface area contributed by atoms with Crippen molar-refractivity contribution in [2.75, 3.05) is 18.2 Å². The Balaban J connectivity index is 2.87. The fraction of sp³-hybridized carbons (Fsp3) is 0.630. The average Bonchev–Trinajstić information content (AvgIpc) is 3.33. The number of alkyl halides is 1. The van der Waals surface area contributed by atoms with Gasteiger partial charge in [0.15, 0.2) is 0 Å². The topological polar surface area (TPSA) is 156 Å². The van der Waals surface area contributed by atoms with Crippen LogP contribution in [0.2, 0.25) is 0 Å². The van der Waals surface area contributed by atoms with Gasteiger partial charge in [-0.1, -0.05) is 26.8 Å². The van der Waals surface area contributed by atoms with Gasteiger partial charge in [0.05, 0.1) is 13.0 Å². The minimum Gasteiger partial charge on any atom is -0.480 e. The maximum absolute atomic E-state index is 13.0. The van der Waals surface area contributed by atoms with Gasteiger partial charge in [0.2, 0.25) is 5.91 Å². The Hall–Kier alpha value is -2.64. The number of thiazole rings is 1. The van der Waals surface area contributed by atoms with Crippen LogP contribution in [0.25, 0.3) is 0 Å².